The van der Waals surface area contributed by atoms with E-state index in [2.05, 4.69) is 0 Å². The van der Waals surface area contributed by atoms with Crippen molar-refractivity contribution < 1.29 is 27.4 Å². The average Bonchev–Trinajstić information content (AvgIpc) is 3.30. The van der Waals surface area contributed by atoms with Crippen LogP contribution in [0.5, 0.6) is 5.75 Å². The van der Waals surface area contributed by atoms with Crippen LogP contribution in [0.1, 0.15) is 35.3 Å². The summed E-state index contributed by atoms with van der Waals surface area (Å²) in [5.74, 6) is -1.01. The van der Waals surface area contributed by atoms with Crippen molar-refractivity contribution in [1.82, 2.24) is 4.57 Å². The molecular weight excluding hydrogens is 529 g/mol. The molecule has 40 heavy (non-hydrogen) atoms. The number of carboxylic acids is 1. The van der Waals surface area contributed by atoms with Gasteiger partial charge in [-0.2, -0.15) is 0 Å². The minimum absolute atomic E-state index is 0.0299. The molecule has 4 aromatic carbocycles. The smallest absolute Gasteiger partial charge is 0.335 e. The molecule has 0 amide bonds. The zero-order valence-corrected chi connectivity index (χ0v) is 23.1. The zero-order chi connectivity index (χ0) is 28.6. The number of rotatable bonds is 8. The lowest BCUT2D eigenvalue weighted by Gasteiger charge is -2.16. The molecule has 0 saturated heterocycles. The van der Waals surface area contributed by atoms with Crippen LogP contribution in [0.2, 0.25) is 0 Å². The largest absolute Gasteiger partial charge is 0.488 e. The van der Waals surface area contributed by atoms with Crippen molar-refractivity contribution in [3.63, 3.8) is 0 Å². The number of hydrogen-bond acceptors (Lipinski definition) is 4. The summed E-state index contributed by atoms with van der Waals surface area (Å²) < 4.78 is 50.4. The average molecular weight is 558 g/mol. The lowest BCUT2D eigenvalue weighted by Crippen LogP contribution is -2.18. The summed E-state index contributed by atoms with van der Waals surface area (Å²) in [7, 11) is -3.93. The van der Waals surface area contributed by atoms with E-state index in [4.69, 9.17) is 4.74 Å². The van der Waals surface area contributed by atoms with Crippen LogP contribution in [-0.4, -0.2) is 29.3 Å². The molecule has 0 aliphatic heterocycles. The Morgan fingerprint density at radius 3 is 2.27 bits per heavy atom. The summed E-state index contributed by atoms with van der Waals surface area (Å²) in [4.78, 5) is 11.5. The maximum absolute atomic E-state index is 14.3. The number of ether oxygens (including phenoxy) is 1. The van der Waals surface area contributed by atoms with Crippen molar-refractivity contribution in [2.45, 2.75) is 37.7 Å². The molecular formula is C32H28FNO5S. The second-order valence-electron chi connectivity index (χ2n) is 9.85. The minimum Gasteiger partial charge on any atom is -0.488 e. The van der Waals surface area contributed by atoms with Gasteiger partial charge in [0.15, 0.2) is 9.84 Å². The molecule has 0 aliphatic carbocycles. The fourth-order valence-corrected chi connectivity index (χ4v) is 6.11. The number of hydrogen-bond donors (Lipinski definition) is 1. The molecule has 8 heteroatoms. The van der Waals surface area contributed by atoms with Crippen molar-refractivity contribution in [1.29, 1.82) is 0 Å². The molecule has 0 saturated carbocycles. The molecule has 0 fully saturated rings. The maximum Gasteiger partial charge on any atom is 0.335 e. The number of carboxylic acid groups (broad SMARTS) is 1. The molecule has 0 aliphatic rings. The first kappa shape index (κ1) is 27.1. The van der Waals surface area contributed by atoms with Crippen LogP contribution in [0.25, 0.3) is 27.7 Å². The predicted molar refractivity (Wildman–Crippen MR) is 153 cm³/mol. The first-order valence-electron chi connectivity index (χ1n) is 12.8. The number of benzene rings is 4. The van der Waals surface area contributed by atoms with Crippen LogP contribution in [0.3, 0.4) is 0 Å². The lowest BCUT2D eigenvalue weighted by molar-refractivity contribution is 0.0697. The SMILES string of the molecule is Cc1cc(-n2c(S(=O)(=O)C(C)C)c(-c3ccc(C(=O)O)cc3)c3c(OCc4ccccc4)cccc32)ccc1F. The number of nitrogens with zero attached hydrogens (tertiary/aromatic N) is 1. The van der Waals surface area contributed by atoms with Crippen molar-refractivity contribution in [2.75, 3.05) is 0 Å². The van der Waals surface area contributed by atoms with Gasteiger partial charge in [-0.05, 0) is 79.9 Å². The Balaban J connectivity index is 1.88. The summed E-state index contributed by atoms with van der Waals surface area (Å²) in [5.41, 5.74) is 3.35. The highest BCUT2D eigenvalue weighted by molar-refractivity contribution is 7.92. The van der Waals surface area contributed by atoms with E-state index in [0.29, 0.717) is 39.0 Å². The molecule has 0 atom stereocenters. The molecule has 1 heterocycles. The second kappa shape index (κ2) is 10.6. The number of fused-ring (bicyclic) bond motifs is 1. The number of aromatic nitrogens is 1. The normalized spacial score (nSPS) is 11.7. The molecule has 6 nitrogen and oxygen atoms in total. The van der Waals surface area contributed by atoms with Crippen LogP contribution in [0, 0.1) is 12.7 Å². The van der Waals surface area contributed by atoms with Gasteiger partial charge in [-0.25, -0.2) is 17.6 Å². The molecule has 0 unspecified atom stereocenters. The van der Waals surface area contributed by atoms with Gasteiger partial charge in [0, 0.05) is 11.3 Å². The van der Waals surface area contributed by atoms with Gasteiger partial charge >= 0.3 is 5.97 Å². The standard InChI is InChI=1S/C32H28FNO5S/c1-20(2)40(37,38)31-29(23-12-14-24(15-13-23)32(35)36)30-27(34(31)25-16-17-26(33)21(3)18-25)10-7-11-28(30)39-19-22-8-5-4-6-9-22/h4-18,20H,19H2,1-3H3,(H,35,36). The first-order chi connectivity index (χ1) is 19.1. The molecule has 5 aromatic rings. The zero-order valence-electron chi connectivity index (χ0n) is 22.3. The fraction of sp³-hybridized carbons (Fsp3) is 0.156. The predicted octanol–water partition coefficient (Wildman–Crippen LogP) is 7.20. The van der Waals surface area contributed by atoms with Crippen molar-refractivity contribution in [3.05, 3.63) is 114 Å². The van der Waals surface area contributed by atoms with Crippen molar-refractivity contribution in [2.24, 2.45) is 0 Å². The second-order valence-corrected chi connectivity index (χ2v) is 12.3. The summed E-state index contributed by atoms with van der Waals surface area (Å²) in [6.07, 6.45) is 0. The fourth-order valence-electron chi connectivity index (χ4n) is 4.71. The van der Waals surface area contributed by atoms with Gasteiger partial charge in [0.25, 0.3) is 0 Å². The highest BCUT2D eigenvalue weighted by Gasteiger charge is 2.33. The summed E-state index contributed by atoms with van der Waals surface area (Å²) >= 11 is 0. The lowest BCUT2D eigenvalue weighted by atomic mass is 10.0. The van der Waals surface area contributed by atoms with E-state index in [0.717, 1.165) is 5.56 Å². The monoisotopic (exact) mass is 557 g/mol. The molecule has 1 N–H and O–H groups in total. The Hall–Kier alpha value is -4.43. The molecule has 204 valence electrons. The van der Waals surface area contributed by atoms with Gasteiger partial charge in [-0.1, -0.05) is 48.5 Å². The topological polar surface area (TPSA) is 85.6 Å². The van der Waals surface area contributed by atoms with E-state index < -0.39 is 26.9 Å². The van der Waals surface area contributed by atoms with Gasteiger partial charge in [0.1, 0.15) is 23.2 Å². The highest BCUT2D eigenvalue weighted by atomic mass is 32.2. The molecule has 0 spiro atoms. The third-order valence-electron chi connectivity index (χ3n) is 6.86. The van der Waals surface area contributed by atoms with Gasteiger partial charge in [-0.15, -0.1) is 0 Å². The Kier molecular flexibility index (Phi) is 7.21. The van der Waals surface area contributed by atoms with Gasteiger partial charge in [-0.3, -0.25) is 4.57 Å². The Morgan fingerprint density at radius 2 is 1.65 bits per heavy atom. The van der Waals surface area contributed by atoms with Crippen LogP contribution in [0.15, 0.2) is 96.0 Å². The minimum atomic E-state index is -3.93. The Labute approximate surface area is 232 Å². The Bertz CT molecular complexity index is 1830. The third kappa shape index (κ3) is 4.86. The van der Waals surface area contributed by atoms with Crippen LogP contribution >= 0.6 is 0 Å². The number of aromatic carboxylic acids is 1. The molecule has 0 bridgehead atoms. The quantitative estimate of drug-likeness (QED) is 0.218. The molecule has 5 rings (SSSR count). The molecule has 1 aromatic heterocycles. The first-order valence-corrected chi connectivity index (χ1v) is 14.3. The number of sulfone groups is 1. The van der Waals surface area contributed by atoms with Crippen molar-refractivity contribution >= 4 is 26.7 Å². The summed E-state index contributed by atoms with van der Waals surface area (Å²) in [6.45, 7) is 5.10. The van der Waals surface area contributed by atoms with Gasteiger partial charge in [0.2, 0.25) is 0 Å². The number of halogens is 1. The summed E-state index contributed by atoms with van der Waals surface area (Å²) in [6, 6.07) is 25.6. The van der Waals surface area contributed by atoms with Crippen LogP contribution < -0.4 is 4.74 Å². The van der Waals surface area contributed by atoms with E-state index in [1.807, 2.05) is 30.3 Å². The van der Waals surface area contributed by atoms with E-state index in [1.165, 1.54) is 18.2 Å². The third-order valence-corrected chi connectivity index (χ3v) is 9.03. The highest BCUT2D eigenvalue weighted by Crippen LogP contribution is 2.45. The van der Waals surface area contributed by atoms with Crippen molar-refractivity contribution in [3.8, 4) is 22.6 Å². The molecule has 0 radical (unpaired) electrons. The maximum atomic E-state index is 14.3. The van der Waals surface area contributed by atoms with Gasteiger partial charge in [0.05, 0.1) is 21.7 Å². The van der Waals surface area contributed by atoms with E-state index >= 15 is 0 Å². The van der Waals surface area contributed by atoms with Gasteiger partial charge < -0.3 is 9.84 Å². The Morgan fingerprint density at radius 1 is 0.950 bits per heavy atom. The van der Waals surface area contributed by atoms with E-state index in [9.17, 15) is 22.7 Å². The van der Waals surface area contributed by atoms with E-state index in [1.54, 1.807) is 67.8 Å². The number of carbonyl (C=O) groups is 1. The van der Waals surface area contributed by atoms with E-state index in [-0.39, 0.29) is 17.2 Å². The number of aryl methyl sites for hydroxylation is 1. The summed E-state index contributed by atoms with van der Waals surface area (Å²) in [5, 5.41) is 9.26. The van der Waals surface area contributed by atoms with Crippen LogP contribution in [-0.2, 0) is 16.4 Å². The van der Waals surface area contributed by atoms with Crippen LogP contribution in [0.4, 0.5) is 4.39 Å².